The molecule has 4 heterocycles. The Labute approximate surface area is 320 Å². The number of alkyl halides is 3. The van der Waals surface area contributed by atoms with Crippen molar-refractivity contribution in [2.75, 3.05) is 67.5 Å². The van der Waals surface area contributed by atoms with Crippen molar-refractivity contribution in [2.45, 2.75) is 76.0 Å². The molecule has 3 aromatic carbocycles. The van der Waals surface area contributed by atoms with Crippen LogP contribution in [0.5, 0.6) is 0 Å². The highest BCUT2D eigenvalue weighted by molar-refractivity contribution is 6.05. The lowest BCUT2D eigenvalue weighted by atomic mass is 9.89. The summed E-state index contributed by atoms with van der Waals surface area (Å²) >= 11 is 0. The van der Waals surface area contributed by atoms with Crippen molar-refractivity contribution in [3.8, 4) is 6.07 Å². The van der Waals surface area contributed by atoms with Crippen LogP contribution >= 0.6 is 0 Å². The second-order valence-corrected chi connectivity index (χ2v) is 15.1. The van der Waals surface area contributed by atoms with Gasteiger partial charge in [-0.1, -0.05) is 25.0 Å². The molecule has 0 bridgehead atoms. The van der Waals surface area contributed by atoms with Crippen molar-refractivity contribution < 1.29 is 27.6 Å². The number of imide groups is 1. The fourth-order valence-electron chi connectivity index (χ4n) is 8.44. The lowest BCUT2D eigenvalue weighted by Gasteiger charge is -2.36. The van der Waals surface area contributed by atoms with E-state index in [1.54, 1.807) is 17.0 Å². The quantitative estimate of drug-likeness (QED) is 0.159. The van der Waals surface area contributed by atoms with Crippen molar-refractivity contribution in [1.82, 2.24) is 15.1 Å². The molecular formula is C42H48F3N7O3. The molecule has 2 N–H and O–H groups in total. The van der Waals surface area contributed by atoms with Crippen molar-refractivity contribution in [1.29, 1.82) is 5.26 Å². The maximum absolute atomic E-state index is 13.5. The summed E-state index contributed by atoms with van der Waals surface area (Å²) in [6.07, 6.45) is 2.38. The second-order valence-electron chi connectivity index (χ2n) is 15.1. The molecule has 10 nitrogen and oxygen atoms in total. The summed E-state index contributed by atoms with van der Waals surface area (Å²) in [6.45, 7) is 7.57. The fourth-order valence-corrected chi connectivity index (χ4v) is 8.44. The number of unbranched alkanes of at least 4 members (excludes halogenated alkanes) is 3. The summed E-state index contributed by atoms with van der Waals surface area (Å²) in [4.78, 5) is 45.5. The topological polar surface area (TPSA) is 112 Å². The van der Waals surface area contributed by atoms with Crippen molar-refractivity contribution in [2.24, 2.45) is 0 Å². The van der Waals surface area contributed by atoms with Gasteiger partial charge in [-0.15, -0.1) is 0 Å². The number of hydrogen-bond acceptors (Lipinski definition) is 8. The second kappa shape index (κ2) is 16.7. The van der Waals surface area contributed by atoms with Gasteiger partial charge in [-0.3, -0.25) is 24.6 Å². The molecule has 0 saturated carbocycles. The molecule has 1 unspecified atom stereocenters. The van der Waals surface area contributed by atoms with E-state index in [9.17, 15) is 27.6 Å². The van der Waals surface area contributed by atoms with Crippen LogP contribution in [-0.4, -0.2) is 85.9 Å². The number of piperazine rings is 1. The number of rotatable bonds is 12. The van der Waals surface area contributed by atoms with Crippen LogP contribution in [0, 0.1) is 11.3 Å². The van der Waals surface area contributed by atoms with Gasteiger partial charge in [0.15, 0.2) is 0 Å². The third-order valence-corrected chi connectivity index (χ3v) is 11.6. The Morgan fingerprint density at radius 3 is 2.20 bits per heavy atom. The van der Waals surface area contributed by atoms with Crippen molar-refractivity contribution in [3.05, 3.63) is 88.5 Å². The number of piperidine rings is 2. The van der Waals surface area contributed by atoms with Gasteiger partial charge in [0, 0.05) is 81.4 Å². The van der Waals surface area contributed by atoms with Gasteiger partial charge in [0.05, 0.1) is 17.2 Å². The molecule has 4 aliphatic heterocycles. The van der Waals surface area contributed by atoms with Gasteiger partial charge in [-0.05, 0) is 104 Å². The minimum Gasteiger partial charge on any atom is -0.385 e. The van der Waals surface area contributed by atoms with E-state index in [1.165, 1.54) is 24.5 Å². The zero-order chi connectivity index (χ0) is 38.5. The van der Waals surface area contributed by atoms with E-state index in [2.05, 4.69) is 50.8 Å². The number of carbonyl (C=O) groups excluding carboxylic acids is 3. The normalized spacial score (nSPS) is 19.7. The lowest BCUT2D eigenvalue weighted by molar-refractivity contribution is -0.138. The predicted octanol–water partition coefficient (Wildman–Crippen LogP) is 6.52. The van der Waals surface area contributed by atoms with Crippen LogP contribution in [0.2, 0.25) is 0 Å². The maximum atomic E-state index is 13.5. The molecule has 7 rings (SSSR count). The van der Waals surface area contributed by atoms with Crippen LogP contribution < -0.4 is 20.4 Å². The number of anilines is 3. The molecule has 3 amide bonds. The van der Waals surface area contributed by atoms with Gasteiger partial charge in [0.25, 0.3) is 5.91 Å². The van der Waals surface area contributed by atoms with Gasteiger partial charge in [0.2, 0.25) is 11.8 Å². The minimum absolute atomic E-state index is 0.141. The summed E-state index contributed by atoms with van der Waals surface area (Å²) in [7, 11) is 0. The fraction of sp³-hybridized carbons (Fsp3) is 0.476. The summed E-state index contributed by atoms with van der Waals surface area (Å²) in [6, 6.07) is 19.6. The van der Waals surface area contributed by atoms with Gasteiger partial charge < -0.3 is 20.0 Å². The minimum atomic E-state index is -4.55. The Morgan fingerprint density at radius 1 is 0.800 bits per heavy atom. The Balaban J connectivity index is 0.763. The summed E-state index contributed by atoms with van der Waals surface area (Å²) in [5.74, 6) is -0.450. The zero-order valence-electron chi connectivity index (χ0n) is 31.0. The van der Waals surface area contributed by atoms with Crippen LogP contribution in [0.15, 0.2) is 60.7 Å². The molecule has 55 heavy (non-hydrogen) atoms. The van der Waals surface area contributed by atoms with E-state index in [-0.39, 0.29) is 29.7 Å². The molecular weight excluding hydrogens is 708 g/mol. The van der Waals surface area contributed by atoms with Gasteiger partial charge in [-0.25, -0.2) is 0 Å². The number of nitrogens with one attached hydrogen (secondary N) is 2. The number of nitriles is 1. The van der Waals surface area contributed by atoms with E-state index >= 15 is 0 Å². The number of hydrogen-bond donors (Lipinski definition) is 2. The molecule has 3 aromatic rings. The molecule has 290 valence electrons. The average molecular weight is 756 g/mol. The smallest absolute Gasteiger partial charge is 0.385 e. The third kappa shape index (κ3) is 8.91. The van der Waals surface area contributed by atoms with Crippen LogP contribution in [0.4, 0.5) is 30.2 Å². The van der Waals surface area contributed by atoms with Crippen LogP contribution in [-0.2, 0) is 22.3 Å². The number of nitrogens with zero attached hydrogens (tertiary/aromatic N) is 5. The molecule has 0 spiro atoms. The Kier molecular flexibility index (Phi) is 11.6. The summed E-state index contributed by atoms with van der Waals surface area (Å²) < 4.78 is 40.4. The van der Waals surface area contributed by atoms with Crippen molar-refractivity contribution >= 4 is 34.8 Å². The number of halogens is 3. The van der Waals surface area contributed by atoms with Crippen LogP contribution in [0.1, 0.15) is 89.9 Å². The first-order chi connectivity index (χ1) is 26.6. The molecule has 0 radical (unpaired) electrons. The molecule has 3 fully saturated rings. The largest absolute Gasteiger partial charge is 0.417 e. The Morgan fingerprint density at radius 2 is 1.49 bits per heavy atom. The molecule has 1 atom stereocenters. The van der Waals surface area contributed by atoms with E-state index < -0.39 is 17.8 Å². The highest BCUT2D eigenvalue weighted by atomic mass is 19.4. The van der Waals surface area contributed by atoms with E-state index in [1.807, 2.05) is 17.0 Å². The summed E-state index contributed by atoms with van der Waals surface area (Å²) in [5.41, 5.74) is 4.33. The highest BCUT2D eigenvalue weighted by Gasteiger charge is 2.39. The number of amides is 3. The van der Waals surface area contributed by atoms with Crippen LogP contribution in [0.25, 0.3) is 0 Å². The number of carbonyl (C=O) groups is 3. The lowest BCUT2D eigenvalue weighted by Crippen LogP contribution is -2.52. The predicted molar refractivity (Wildman–Crippen MR) is 205 cm³/mol. The number of benzene rings is 3. The molecule has 13 heteroatoms. The average Bonchev–Trinajstić information content (AvgIpc) is 3.52. The first-order valence-electron chi connectivity index (χ1n) is 19.5. The molecule has 0 aliphatic carbocycles. The van der Waals surface area contributed by atoms with Gasteiger partial charge in [-0.2, -0.15) is 18.4 Å². The monoisotopic (exact) mass is 755 g/mol. The molecule has 3 saturated heterocycles. The SMILES string of the molecule is N#Cc1ccc(N2CCC(c3ccc(NCCCCCCN4CCN(c5ccc6c(c5)CN(C5CCC(=O)NC5=O)C6=O)CC4)cc3)CC2)cc1C(F)(F)F. The Bertz CT molecular complexity index is 1910. The zero-order valence-corrected chi connectivity index (χ0v) is 31.0. The molecule has 4 aliphatic rings. The van der Waals surface area contributed by atoms with E-state index in [4.69, 9.17) is 5.26 Å². The van der Waals surface area contributed by atoms with Crippen molar-refractivity contribution in [3.63, 3.8) is 0 Å². The van der Waals surface area contributed by atoms with E-state index in [0.717, 1.165) is 88.0 Å². The highest BCUT2D eigenvalue weighted by Crippen LogP contribution is 2.37. The Hall–Kier alpha value is -5.09. The van der Waals surface area contributed by atoms with E-state index in [0.29, 0.717) is 43.2 Å². The maximum Gasteiger partial charge on any atom is 0.417 e. The third-order valence-electron chi connectivity index (χ3n) is 11.6. The molecule has 0 aromatic heterocycles. The first-order valence-corrected chi connectivity index (χ1v) is 19.5. The summed E-state index contributed by atoms with van der Waals surface area (Å²) in [5, 5.41) is 15.0. The van der Waals surface area contributed by atoms with Gasteiger partial charge in [0.1, 0.15) is 6.04 Å². The first kappa shape index (κ1) is 38.2. The van der Waals surface area contributed by atoms with Crippen LogP contribution in [0.3, 0.4) is 0 Å². The standard InChI is InChI=1S/C42H48F3N7O3/c43-42(44,45)37-26-35(10-7-31(37)27-46)50-19-15-30(16-20-50)29-5-8-33(9-6-29)47-17-3-1-2-4-18-49-21-23-51(24-22-49)34-11-12-36-32(25-34)28-52(41(36)55)38-13-14-39(53)48-40(38)54/h5-12,25-26,30,38,47H,1-4,13-24,28H2,(H,48,53,54). The van der Waals surface area contributed by atoms with Gasteiger partial charge >= 0.3 is 6.18 Å². The number of fused-ring (bicyclic) bond motifs is 1.